The van der Waals surface area contributed by atoms with Crippen LogP contribution in [0.2, 0.25) is 0 Å². The van der Waals surface area contributed by atoms with Gasteiger partial charge in [-0.1, -0.05) is 165 Å². The van der Waals surface area contributed by atoms with E-state index in [0.29, 0.717) is 0 Å². The molecular weight excluding hydrogens is 372 g/mol. The summed E-state index contributed by atoms with van der Waals surface area (Å²) in [5, 5.41) is 0. The molecule has 188 valence electrons. The Morgan fingerprint density at radius 1 is 0.290 bits per heavy atom. The summed E-state index contributed by atoms with van der Waals surface area (Å²) in [4.78, 5) is 0. The molecule has 0 aliphatic rings. The lowest BCUT2D eigenvalue weighted by Gasteiger charge is -2.24. The highest BCUT2D eigenvalue weighted by Crippen LogP contribution is 2.31. The lowest BCUT2D eigenvalue weighted by atomic mass is 9.82. The van der Waals surface area contributed by atoms with Gasteiger partial charge in [0.15, 0.2) is 0 Å². The van der Waals surface area contributed by atoms with Crippen LogP contribution in [0.1, 0.15) is 165 Å². The molecule has 0 rings (SSSR count). The predicted molar refractivity (Wildman–Crippen MR) is 145 cm³/mol. The monoisotopic (exact) mass is 437 g/mol. The molecule has 0 bridgehead atoms. The van der Waals surface area contributed by atoms with Crippen LogP contribution in [-0.4, -0.2) is 0 Å². The molecule has 0 nitrogen and oxygen atoms in total. The smallest absolute Gasteiger partial charge is 0.0414 e. The summed E-state index contributed by atoms with van der Waals surface area (Å²) in [6.45, 7) is 19.3. The van der Waals surface area contributed by atoms with Crippen molar-refractivity contribution in [3.05, 3.63) is 0 Å². The molecule has 0 N–H and O–H groups in total. The third-order valence-electron chi connectivity index (χ3n) is 9.13. The molecule has 0 amide bonds. The van der Waals surface area contributed by atoms with Crippen molar-refractivity contribution in [3.8, 4) is 0 Å². The van der Waals surface area contributed by atoms with Crippen molar-refractivity contribution in [2.45, 2.75) is 165 Å². The molecule has 0 saturated heterocycles. The maximum Gasteiger partial charge on any atom is -0.0414 e. The SMILES string of the molecule is CCC(CC)CCC(CC)CCC(C)CCC(CCC(CC)CC)CCC(CC)CC. The normalized spacial score (nSPS) is 14.3. The van der Waals surface area contributed by atoms with E-state index in [4.69, 9.17) is 0 Å². The van der Waals surface area contributed by atoms with Gasteiger partial charge in [-0.2, -0.15) is 0 Å². The van der Waals surface area contributed by atoms with Gasteiger partial charge in [0, 0.05) is 0 Å². The fourth-order valence-electron chi connectivity index (χ4n) is 5.68. The fourth-order valence-corrected chi connectivity index (χ4v) is 5.68. The van der Waals surface area contributed by atoms with Gasteiger partial charge >= 0.3 is 0 Å². The van der Waals surface area contributed by atoms with Gasteiger partial charge in [-0.05, 0) is 35.5 Å². The van der Waals surface area contributed by atoms with Crippen LogP contribution < -0.4 is 0 Å². The zero-order chi connectivity index (χ0) is 23.5. The van der Waals surface area contributed by atoms with Gasteiger partial charge in [0.2, 0.25) is 0 Å². The Balaban J connectivity index is 4.47. The average molecular weight is 437 g/mol. The maximum atomic E-state index is 2.55. The molecule has 2 atom stereocenters. The second-order valence-corrected chi connectivity index (χ2v) is 11.2. The predicted octanol–water partition coefficient (Wildman–Crippen LogP) is 11.5. The minimum Gasteiger partial charge on any atom is -0.0651 e. The van der Waals surface area contributed by atoms with Crippen molar-refractivity contribution in [1.29, 1.82) is 0 Å². The quantitative estimate of drug-likeness (QED) is 0.158. The summed E-state index contributed by atoms with van der Waals surface area (Å²) in [6, 6.07) is 0. The van der Waals surface area contributed by atoms with Crippen molar-refractivity contribution in [2.24, 2.45) is 35.5 Å². The lowest BCUT2D eigenvalue weighted by Crippen LogP contribution is -2.10. The summed E-state index contributed by atoms with van der Waals surface area (Å²) in [5.74, 6) is 5.79. The van der Waals surface area contributed by atoms with E-state index in [1.807, 2.05) is 0 Å². The van der Waals surface area contributed by atoms with Crippen LogP contribution in [-0.2, 0) is 0 Å². The molecule has 0 heteroatoms. The van der Waals surface area contributed by atoms with Gasteiger partial charge in [0.25, 0.3) is 0 Å². The zero-order valence-electron chi connectivity index (χ0n) is 23.5. The van der Waals surface area contributed by atoms with Crippen LogP contribution in [0.5, 0.6) is 0 Å². The molecule has 0 aromatic carbocycles. The Morgan fingerprint density at radius 2 is 0.516 bits per heavy atom. The van der Waals surface area contributed by atoms with E-state index in [9.17, 15) is 0 Å². The third-order valence-corrected chi connectivity index (χ3v) is 9.13. The number of hydrogen-bond acceptors (Lipinski definition) is 0. The van der Waals surface area contributed by atoms with Crippen LogP contribution in [0, 0.1) is 35.5 Å². The second-order valence-electron chi connectivity index (χ2n) is 11.2. The molecule has 31 heavy (non-hydrogen) atoms. The number of rotatable bonds is 22. The van der Waals surface area contributed by atoms with E-state index in [-0.39, 0.29) is 0 Å². The lowest BCUT2D eigenvalue weighted by molar-refractivity contribution is 0.283. The van der Waals surface area contributed by atoms with Crippen LogP contribution >= 0.6 is 0 Å². The summed E-state index contributed by atoms with van der Waals surface area (Å²) < 4.78 is 0. The van der Waals surface area contributed by atoms with Gasteiger partial charge < -0.3 is 0 Å². The van der Waals surface area contributed by atoms with Crippen LogP contribution in [0.3, 0.4) is 0 Å². The molecule has 0 aliphatic carbocycles. The van der Waals surface area contributed by atoms with Crippen LogP contribution in [0.15, 0.2) is 0 Å². The van der Waals surface area contributed by atoms with Crippen molar-refractivity contribution in [3.63, 3.8) is 0 Å². The van der Waals surface area contributed by atoms with E-state index in [1.54, 1.807) is 0 Å². The van der Waals surface area contributed by atoms with Crippen molar-refractivity contribution in [2.75, 3.05) is 0 Å². The first-order valence-corrected chi connectivity index (χ1v) is 15.0. The Bertz CT molecular complexity index is 331. The molecule has 0 aliphatic heterocycles. The van der Waals surface area contributed by atoms with Gasteiger partial charge in [0.05, 0.1) is 0 Å². The molecule has 0 aromatic heterocycles. The first-order valence-electron chi connectivity index (χ1n) is 15.0. The van der Waals surface area contributed by atoms with Crippen molar-refractivity contribution < 1.29 is 0 Å². The van der Waals surface area contributed by atoms with Gasteiger partial charge in [-0.15, -0.1) is 0 Å². The Kier molecular flexibility index (Phi) is 20.6. The minimum atomic E-state index is 0.922. The van der Waals surface area contributed by atoms with Gasteiger partial charge in [-0.25, -0.2) is 0 Å². The zero-order valence-corrected chi connectivity index (χ0v) is 23.5. The summed E-state index contributed by atoms with van der Waals surface area (Å²) in [5.41, 5.74) is 0. The Hall–Kier alpha value is 0. The standard InChI is InChI=1S/C31H64/c1-9-27(10-2)20-23-30(15-7)18-16-26(8)17-19-31(24-21-28(11-3)12-4)25-22-29(13-5)14-6/h26-31H,9-25H2,1-8H3. The van der Waals surface area contributed by atoms with E-state index in [2.05, 4.69) is 55.4 Å². The molecule has 0 saturated carbocycles. The van der Waals surface area contributed by atoms with E-state index < -0.39 is 0 Å². The second kappa shape index (κ2) is 20.6. The molecule has 0 heterocycles. The minimum absolute atomic E-state index is 0.922. The van der Waals surface area contributed by atoms with E-state index in [1.165, 1.54) is 109 Å². The molecule has 2 unspecified atom stereocenters. The third kappa shape index (κ3) is 15.5. The topological polar surface area (TPSA) is 0 Å². The van der Waals surface area contributed by atoms with E-state index in [0.717, 1.165) is 35.5 Å². The average Bonchev–Trinajstić information content (AvgIpc) is 2.80. The summed E-state index contributed by atoms with van der Waals surface area (Å²) in [7, 11) is 0. The highest BCUT2D eigenvalue weighted by molar-refractivity contribution is 4.69. The first kappa shape index (κ1) is 31.0. The van der Waals surface area contributed by atoms with Gasteiger partial charge in [0.1, 0.15) is 0 Å². The molecular formula is C31H64. The van der Waals surface area contributed by atoms with Crippen molar-refractivity contribution >= 4 is 0 Å². The first-order chi connectivity index (χ1) is 15.0. The fraction of sp³-hybridized carbons (Fsp3) is 1.00. The molecule has 0 spiro atoms. The molecule has 0 aromatic rings. The van der Waals surface area contributed by atoms with Crippen LogP contribution in [0.25, 0.3) is 0 Å². The van der Waals surface area contributed by atoms with Gasteiger partial charge in [-0.3, -0.25) is 0 Å². The molecule has 0 fully saturated rings. The van der Waals surface area contributed by atoms with E-state index >= 15 is 0 Å². The Labute approximate surface area is 200 Å². The highest BCUT2D eigenvalue weighted by atomic mass is 14.2. The summed E-state index contributed by atoms with van der Waals surface area (Å²) in [6.07, 6.45) is 24.4. The highest BCUT2D eigenvalue weighted by Gasteiger charge is 2.17. The Morgan fingerprint density at radius 3 is 0.839 bits per heavy atom. The maximum absolute atomic E-state index is 2.55. The summed E-state index contributed by atoms with van der Waals surface area (Å²) >= 11 is 0. The molecule has 0 radical (unpaired) electrons. The number of hydrogen-bond donors (Lipinski definition) is 0. The largest absolute Gasteiger partial charge is 0.0651 e. The van der Waals surface area contributed by atoms with Crippen LogP contribution in [0.4, 0.5) is 0 Å². The van der Waals surface area contributed by atoms with Crippen molar-refractivity contribution in [1.82, 2.24) is 0 Å².